The summed E-state index contributed by atoms with van der Waals surface area (Å²) >= 11 is 0. The van der Waals surface area contributed by atoms with Crippen LogP contribution in [0.4, 0.5) is 0 Å². The maximum atomic E-state index is 12.3. The highest BCUT2D eigenvalue weighted by atomic mass is 35.5. The van der Waals surface area contributed by atoms with E-state index in [4.69, 9.17) is 10.5 Å². The third kappa shape index (κ3) is 8.78. The molecule has 1 atom stereocenters. The topological polar surface area (TPSA) is 87.9 Å². The van der Waals surface area contributed by atoms with Crippen LogP contribution in [0.25, 0.3) is 0 Å². The van der Waals surface area contributed by atoms with E-state index in [0.29, 0.717) is 19.7 Å². The molecule has 1 saturated heterocycles. The Balaban J connectivity index is 0.00000392. The fraction of sp³-hybridized carbons (Fsp3) is 0.600. The summed E-state index contributed by atoms with van der Waals surface area (Å²) in [7, 11) is 0. The van der Waals surface area contributed by atoms with Gasteiger partial charge in [0.05, 0.1) is 19.2 Å². The zero-order chi connectivity index (χ0) is 19.8. The fourth-order valence-corrected chi connectivity index (χ4v) is 2.97. The van der Waals surface area contributed by atoms with E-state index in [1.807, 2.05) is 32.9 Å². The zero-order valence-electron chi connectivity index (χ0n) is 17.4. The van der Waals surface area contributed by atoms with Crippen LogP contribution in [0, 0.1) is 5.92 Å². The Labute approximate surface area is 186 Å². The van der Waals surface area contributed by atoms with Crippen molar-refractivity contribution in [1.82, 2.24) is 15.1 Å². The quantitative estimate of drug-likeness (QED) is 0.631. The summed E-state index contributed by atoms with van der Waals surface area (Å²) < 4.78 is 5.46. The van der Waals surface area contributed by atoms with Crippen LogP contribution in [0.2, 0.25) is 0 Å². The number of halogens is 2. The summed E-state index contributed by atoms with van der Waals surface area (Å²) in [6.07, 6.45) is 0. The molecule has 3 N–H and O–H groups in total. The first-order chi connectivity index (χ1) is 12.9. The molecule has 0 unspecified atom stereocenters. The van der Waals surface area contributed by atoms with Gasteiger partial charge >= 0.3 is 0 Å². The molecule has 0 saturated carbocycles. The van der Waals surface area contributed by atoms with Gasteiger partial charge in [0.25, 0.3) is 0 Å². The third-order valence-electron chi connectivity index (χ3n) is 4.80. The molecule has 9 heteroatoms. The fourth-order valence-electron chi connectivity index (χ4n) is 2.97. The lowest BCUT2D eigenvalue weighted by atomic mass is 10.1. The monoisotopic (exact) mass is 448 g/mol. The second kappa shape index (κ2) is 13.6. The van der Waals surface area contributed by atoms with Crippen molar-refractivity contribution >= 4 is 36.6 Å². The predicted octanol–water partition coefficient (Wildman–Crippen LogP) is 1.67. The van der Waals surface area contributed by atoms with E-state index >= 15 is 0 Å². The molecule has 7 nitrogen and oxygen atoms in total. The molecule has 0 radical (unpaired) electrons. The first-order valence-electron chi connectivity index (χ1n) is 9.65. The number of benzene rings is 1. The Morgan fingerprint density at radius 1 is 1.10 bits per heavy atom. The average molecular weight is 449 g/mol. The Morgan fingerprint density at radius 2 is 1.69 bits per heavy atom. The largest absolute Gasteiger partial charge is 0.494 e. The van der Waals surface area contributed by atoms with Crippen molar-refractivity contribution in [3.05, 3.63) is 29.8 Å². The first kappa shape index (κ1) is 27.5. The number of nitrogens with zero attached hydrogens (tertiary/aromatic N) is 2. The van der Waals surface area contributed by atoms with Gasteiger partial charge in [-0.25, -0.2) is 0 Å². The van der Waals surface area contributed by atoms with E-state index < -0.39 is 6.04 Å². The number of hydrogen-bond acceptors (Lipinski definition) is 5. The van der Waals surface area contributed by atoms with Gasteiger partial charge in [-0.3, -0.25) is 14.5 Å². The number of carbonyl (C=O) groups is 2. The van der Waals surface area contributed by atoms with Crippen LogP contribution >= 0.6 is 24.8 Å². The number of hydrogen-bond donors (Lipinski definition) is 2. The van der Waals surface area contributed by atoms with Crippen LogP contribution in [-0.2, 0) is 16.1 Å². The van der Waals surface area contributed by atoms with Crippen LogP contribution in [0.1, 0.15) is 26.3 Å². The molecule has 1 aliphatic heterocycles. The van der Waals surface area contributed by atoms with Crippen molar-refractivity contribution in [3.8, 4) is 5.75 Å². The van der Waals surface area contributed by atoms with E-state index in [1.165, 1.54) is 5.56 Å². The van der Waals surface area contributed by atoms with Crippen LogP contribution in [0.15, 0.2) is 24.3 Å². The van der Waals surface area contributed by atoms with Gasteiger partial charge in [-0.05, 0) is 30.5 Å². The molecule has 0 spiro atoms. The number of rotatable bonds is 8. The normalized spacial score (nSPS) is 15.1. The molecule has 2 amide bonds. The predicted molar refractivity (Wildman–Crippen MR) is 120 cm³/mol. The molecule has 1 aromatic rings. The number of piperazine rings is 1. The first-order valence-corrected chi connectivity index (χ1v) is 9.65. The van der Waals surface area contributed by atoms with Gasteiger partial charge in [-0.1, -0.05) is 26.0 Å². The van der Waals surface area contributed by atoms with Crippen molar-refractivity contribution in [3.63, 3.8) is 0 Å². The molecule has 0 aromatic heterocycles. The summed E-state index contributed by atoms with van der Waals surface area (Å²) in [5.41, 5.74) is 7.02. The molecule has 1 aliphatic rings. The molecule has 1 heterocycles. The lowest BCUT2D eigenvalue weighted by Gasteiger charge is -2.35. The molecule has 0 aliphatic carbocycles. The highest BCUT2D eigenvalue weighted by Crippen LogP contribution is 2.14. The van der Waals surface area contributed by atoms with Crippen molar-refractivity contribution < 1.29 is 14.3 Å². The van der Waals surface area contributed by atoms with E-state index in [-0.39, 0.29) is 49.1 Å². The van der Waals surface area contributed by atoms with E-state index in [9.17, 15) is 9.59 Å². The molecule has 1 fully saturated rings. The molecule has 0 bridgehead atoms. The molecule has 166 valence electrons. The second-order valence-corrected chi connectivity index (χ2v) is 7.22. The minimum Gasteiger partial charge on any atom is -0.494 e. The summed E-state index contributed by atoms with van der Waals surface area (Å²) in [5, 5.41) is 2.65. The van der Waals surface area contributed by atoms with E-state index in [1.54, 1.807) is 4.90 Å². The number of ether oxygens (including phenoxy) is 1. The van der Waals surface area contributed by atoms with Gasteiger partial charge in [0.15, 0.2) is 0 Å². The van der Waals surface area contributed by atoms with E-state index in [0.717, 1.165) is 25.4 Å². The van der Waals surface area contributed by atoms with Gasteiger partial charge < -0.3 is 20.7 Å². The molecule has 29 heavy (non-hydrogen) atoms. The Hall–Kier alpha value is -1.54. The van der Waals surface area contributed by atoms with Gasteiger partial charge in [-0.2, -0.15) is 0 Å². The SMILES string of the molecule is CCOc1ccc(CN2CCN(C(=O)CNC(=O)[C@@H](N)C(C)C)CC2)cc1.Cl.Cl. The Kier molecular flexibility index (Phi) is 12.9. The second-order valence-electron chi connectivity index (χ2n) is 7.22. The van der Waals surface area contributed by atoms with Crippen molar-refractivity contribution in [2.24, 2.45) is 11.7 Å². The minimum atomic E-state index is -0.580. The smallest absolute Gasteiger partial charge is 0.242 e. The lowest BCUT2D eigenvalue weighted by molar-refractivity contribution is -0.134. The van der Waals surface area contributed by atoms with Crippen LogP contribution in [-0.4, -0.2) is 67.0 Å². The van der Waals surface area contributed by atoms with Crippen molar-refractivity contribution in [1.29, 1.82) is 0 Å². The molecular weight excluding hydrogens is 415 g/mol. The van der Waals surface area contributed by atoms with Crippen LogP contribution in [0.5, 0.6) is 5.75 Å². The number of carbonyl (C=O) groups excluding carboxylic acids is 2. The molecular formula is C20H34Cl2N4O3. The highest BCUT2D eigenvalue weighted by molar-refractivity contribution is 5.87. The Morgan fingerprint density at radius 3 is 2.21 bits per heavy atom. The standard InChI is InChI=1S/C20H32N4O3.2ClH/c1-4-27-17-7-5-16(6-8-17)14-23-9-11-24(12-10-23)18(25)13-22-20(26)19(21)15(2)3;;/h5-8,15,19H,4,9-14,21H2,1-3H3,(H,22,26);2*1H/t19-;;/m0../s1. The molecule has 1 aromatic carbocycles. The lowest BCUT2D eigenvalue weighted by Crippen LogP contribution is -2.52. The number of amides is 2. The van der Waals surface area contributed by atoms with Gasteiger partial charge in [0.1, 0.15) is 5.75 Å². The summed E-state index contributed by atoms with van der Waals surface area (Å²) in [6.45, 7) is 10.2. The summed E-state index contributed by atoms with van der Waals surface area (Å²) in [5.74, 6) is 0.606. The van der Waals surface area contributed by atoms with E-state index in [2.05, 4.69) is 22.3 Å². The summed E-state index contributed by atoms with van der Waals surface area (Å²) in [4.78, 5) is 28.3. The van der Waals surface area contributed by atoms with Gasteiger partial charge in [0, 0.05) is 32.7 Å². The highest BCUT2D eigenvalue weighted by Gasteiger charge is 2.23. The van der Waals surface area contributed by atoms with Crippen LogP contribution < -0.4 is 15.8 Å². The van der Waals surface area contributed by atoms with Crippen molar-refractivity contribution in [2.45, 2.75) is 33.4 Å². The van der Waals surface area contributed by atoms with Gasteiger partial charge in [0.2, 0.25) is 11.8 Å². The maximum Gasteiger partial charge on any atom is 0.242 e. The number of nitrogens with one attached hydrogen (secondary N) is 1. The molecule has 2 rings (SSSR count). The van der Waals surface area contributed by atoms with Crippen molar-refractivity contribution in [2.75, 3.05) is 39.3 Å². The number of nitrogens with two attached hydrogens (primary N) is 1. The third-order valence-corrected chi connectivity index (χ3v) is 4.80. The average Bonchev–Trinajstić information content (AvgIpc) is 2.67. The Bertz CT molecular complexity index is 621. The zero-order valence-corrected chi connectivity index (χ0v) is 19.1. The van der Waals surface area contributed by atoms with Gasteiger partial charge in [-0.15, -0.1) is 24.8 Å². The summed E-state index contributed by atoms with van der Waals surface area (Å²) in [6, 6.07) is 7.56. The maximum absolute atomic E-state index is 12.3. The van der Waals surface area contributed by atoms with Crippen LogP contribution in [0.3, 0.4) is 0 Å². The minimum absolute atomic E-state index is 0.